The molecule has 3 aromatic heterocycles. The molecular weight excluding hydrogens is 312 g/mol. The molecule has 0 atom stereocenters. The lowest BCUT2D eigenvalue weighted by Crippen LogP contribution is -2.47. The summed E-state index contributed by atoms with van der Waals surface area (Å²) in [5.74, 6) is 2.60. The van der Waals surface area contributed by atoms with Crippen LogP contribution in [0.5, 0.6) is 0 Å². The van der Waals surface area contributed by atoms with Gasteiger partial charge in [-0.1, -0.05) is 0 Å². The molecule has 8 nitrogen and oxygen atoms in total. The van der Waals surface area contributed by atoms with Gasteiger partial charge in [0.2, 0.25) is 5.13 Å². The molecule has 0 saturated carbocycles. The van der Waals surface area contributed by atoms with Gasteiger partial charge in [-0.2, -0.15) is 9.47 Å². The van der Waals surface area contributed by atoms with Gasteiger partial charge in [-0.15, -0.1) is 0 Å². The summed E-state index contributed by atoms with van der Waals surface area (Å²) in [5.41, 5.74) is 0.884. The molecule has 0 aromatic carbocycles. The highest BCUT2D eigenvalue weighted by molar-refractivity contribution is 7.09. The average Bonchev–Trinajstić information content (AvgIpc) is 3.14. The van der Waals surface area contributed by atoms with Gasteiger partial charge in [-0.05, 0) is 13.8 Å². The SMILES string of the molecule is Cc1nsc(N2CCN(c3nc(C)nc4c3cnn4C)CC2)n1. The first kappa shape index (κ1) is 14.3. The molecule has 1 fully saturated rings. The highest BCUT2D eigenvalue weighted by Gasteiger charge is 2.23. The fourth-order valence-electron chi connectivity index (χ4n) is 2.88. The van der Waals surface area contributed by atoms with Crippen molar-refractivity contribution < 1.29 is 0 Å². The minimum atomic E-state index is 0.776. The Morgan fingerprint density at radius 3 is 2.39 bits per heavy atom. The Morgan fingerprint density at radius 2 is 1.70 bits per heavy atom. The van der Waals surface area contributed by atoms with Crippen molar-refractivity contribution in [2.45, 2.75) is 13.8 Å². The van der Waals surface area contributed by atoms with Gasteiger partial charge < -0.3 is 9.80 Å². The van der Waals surface area contributed by atoms with Crippen molar-refractivity contribution in [3.63, 3.8) is 0 Å². The summed E-state index contributed by atoms with van der Waals surface area (Å²) in [6.07, 6.45) is 1.85. The Kier molecular flexibility index (Phi) is 3.37. The number of nitrogens with zero attached hydrogens (tertiary/aromatic N) is 8. The van der Waals surface area contributed by atoms with Gasteiger partial charge in [0, 0.05) is 44.8 Å². The molecule has 1 aliphatic heterocycles. The second kappa shape index (κ2) is 5.41. The van der Waals surface area contributed by atoms with Gasteiger partial charge in [-0.3, -0.25) is 4.68 Å². The molecule has 0 spiro atoms. The van der Waals surface area contributed by atoms with Crippen LogP contribution in [-0.2, 0) is 7.05 Å². The standard InChI is InChI=1S/C14H18N8S/c1-9-16-12-11(8-15-20(12)3)13(17-9)21-4-6-22(7-5-21)14-18-10(2)19-23-14/h8H,4-7H2,1-3H3. The molecule has 4 rings (SSSR count). The number of piperazine rings is 1. The molecule has 4 heterocycles. The molecule has 0 aliphatic carbocycles. The van der Waals surface area contributed by atoms with E-state index in [0.29, 0.717) is 0 Å². The van der Waals surface area contributed by atoms with Gasteiger partial charge in [0.15, 0.2) is 5.65 Å². The van der Waals surface area contributed by atoms with E-state index in [-0.39, 0.29) is 0 Å². The molecule has 0 unspecified atom stereocenters. The lowest BCUT2D eigenvalue weighted by Gasteiger charge is -2.35. The largest absolute Gasteiger partial charge is 0.352 e. The van der Waals surface area contributed by atoms with Crippen molar-refractivity contribution in [2.24, 2.45) is 7.05 Å². The van der Waals surface area contributed by atoms with E-state index in [2.05, 4.69) is 34.2 Å². The van der Waals surface area contributed by atoms with Crippen LogP contribution in [0.1, 0.15) is 11.6 Å². The van der Waals surface area contributed by atoms with Crippen molar-refractivity contribution in [1.82, 2.24) is 29.1 Å². The molecule has 3 aromatic rings. The summed E-state index contributed by atoms with van der Waals surface area (Å²) in [5, 5.41) is 6.34. The summed E-state index contributed by atoms with van der Waals surface area (Å²) in [7, 11) is 1.91. The Hall–Kier alpha value is -2.29. The first-order chi connectivity index (χ1) is 11.1. The van der Waals surface area contributed by atoms with Crippen LogP contribution < -0.4 is 9.80 Å². The second-order valence-electron chi connectivity index (χ2n) is 5.70. The van der Waals surface area contributed by atoms with Crippen molar-refractivity contribution in [2.75, 3.05) is 36.0 Å². The number of aromatic nitrogens is 6. The van der Waals surface area contributed by atoms with Crippen LogP contribution in [0.25, 0.3) is 11.0 Å². The molecule has 0 bridgehead atoms. The van der Waals surface area contributed by atoms with E-state index in [0.717, 1.165) is 59.8 Å². The van der Waals surface area contributed by atoms with E-state index in [1.54, 1.807) is 4.68 Å². The summed E-state index contributed by atoms with van der Waals surface area (Å²) in [6, 6.07) is 0. The van der Waals surface area contributed by atoms with Crippen molar-refractivity contribution >= 4 is 33.5 Å². The minimum Gasteiger partial charge on any atom is -0.352 e. The van der Waals surface area contributed by atoms with Crippen LogP contribution in [0.15, 0.2) is 6.20 Å². The zero-order chi connectivity index (χ0) is 16.0. The molecular formula is C14H18N8S. The molecule has 23 heavy (non-hydrogen) atoms. The first-order valence-electron chi connectivity index (χ1n) is 7.58. The number of anilines is 2. The number of fused-ring (bicyclic) bond motifs is 1. The number of hydrogen-bond donors (Lipinski definition) is 0. The normalized spacial score (nSPS) is 15.6. The van der Waals surface area contributed by atoms with E-state index in [1.165, 1.54) is 11.5 Å². The zero-order valence-corrected chi connectivity index (χ0v) is 14.2. The zero-order valence-electron chi connectivity index (χ0n) is 13.4. The highest BCUT2D eigenvalue weighted by Crippen LogP contribution is 2.26. The summed E-state index contributed by atoms with van der Waals surface area (Å²) in [4.78, 5) is 18.2. The lowest BCUT2D eigenvalue weighted by molar-refractivity contribution is 0.646. The molecule has 0 N–H and O–H groups in total. The minimum absolute atomic E-state index is 0.776. The molecule has 0 amide bonds. The smallest absolute Gasteiger partial charge is 0.205 e. The predicted octanol–water partition coefficient (Wildman–Crippen LogP) is 1.16. The molecule has 9 heteroatoms. The number of hydrogen-bond acceptors (Lipinski definition) is 8. The molecule has 1 saturated heterocycles. The van der Waals surface area contributed by atoms with Crippen LogP contribution in [0, 0.1) is 13.8 Å². The maximum Gasteiger partial charge on any atom is 0.205 e. The fourth-order valence-corrected chi connectivity index (χ4v) is 3.60. The Bertz CT molecular complexity index is 846. The second-order valence-corrected chi connectivity index (χ2v) is 6.43. The topological polar surface area (TPSA) is 75.9 Å². The quantitative estimate of drug-likeness (QED) is 0.698. The van der Waals surface area contributed by atoms with Gasteiger partial charge in [-0.25, -0.2) is 15.0 Å². The van der Waals surface area contributed by atoms with E-state index in [4.69, 9.17) is 0 Å². The van der Waals surface area contributed by atoms with E-state index in [1.807, 2.05) is 27.1 Å². The molecule has 120 valence electrons. The van der Waals surface area contributed by atoms with Crippen molar-refractivity contribution in [3.8, 4) is 0 Å². The average molecular weight is 330 g/mol. The summed E-state index contributed by atoms with van der Waals surface area (Å²) in [6.45, 7) is 7.49. The van der Waals surface area contributed by atoms with Crippen LogP contribution in [-0.4, -0.2) is 55.3 Å². The monoisotopic (exact) mass is 330 g/mol. The molecule has 0 radical (unpaired) electrons. The Balaban J connectivity index is 1.59. The lowest BCUT2D eigenvalue weighted by atomic mass is 10.3. The third kappa shape index (κ3) is 2.50. The summed E-state index contributed by atoms with van der Waals surface area (Å²) < 4.78 is 6.07. The Morgan fingerprint density at radius 1 is 0.957 bits per heavy atom. The highest BCUT2D eigenvalue weighted by atomic mass is 32.1. The van der Waals surface area contributed by atoms with Crippen molar-refractivity contribution in [1.29, 1.82) is 0 Å². The van der Waals surface area contributed by atoms with Gasteiger partial charge in [0.25, 0.3) is 0 Å². The third-order valence-electron chi connectivity index (χ3n) is 4.05. The number of rotatable bonds is 2. The van der Waals surface area contributed by atoms with Crippen LogP contribution in [0.4, 0.5) is 10.9 Å². The van der Waals surface area contributed by atoms with Gasteiger partial charge in [0.05, 0.1) is 11.6 Å². The van der Waals surface area contributed by atoms with Gasteiger partial charge in [0.1, 0.15) is 17.5 Å². The predicted molar refractivity (Wildman–Crippen MR) is 90.1 cm³/mol. The van der Waals surface area contributed by atoms with E-state index >= 15 is 0 Å². The Labute approximate surface area is 138 Å². The summed E-state index contributed by atoms with van der Waals surface area (Å²) >= 11 is 1.47. The van der Waals surface area contributed by atoms with Crippen LogP contribution in [0.3, 0.4) is 0 Å². The van der Waals surface area contributed by atoms with Crippen molar-refractivity contribution in [3.05, 3.63) is 17.8 Å². The number of aryl methyl sites for hydroxylation is 3. The third-order valence-corrected chi connectivity index (χ3v) is 4.92. The first-order valence-corrected chi connectivity index (χ1v) is 8.36. The van der Waals surface area contributed by atoms with Crippen LogP contribution in [0.2, 0.25) is 0 Å². The van der Waals surface area contributed by atoms with Gasteiger partial charge >= 0.3 is 0 Å². The van der Waals surface area contributed by atoms with E-state index < -0.39 is 0 Å². The maximum absolute atomic E-state index is 4.66. The molecule has 1 aliphatic rings. The fraction of sp³-hybridized carbons (Fsp3) is 0.500. The maximum atomic E-state index is 4.66. The van der Waals surface area contributed by atoms with Crippen LogP contribution >= 0.6 is 11.5 Å². The van der Waals surface area contributed by atoms with E-state index in [9.17, 15) is 0 Å².